The number of carbonyl (C=O) groups excluding carboxylic acids is 4. The van der Waals surface area contributed by atoms with Crippen LogP contribution in [0.2, 0.25) is 5.02 Å². The number of morpholine rings is 1. The second-order valence-corrected chi connectivity index (χ2v) is 11.4. The van der Waals surface area contributed by atoms with Gasteiger partial charge in [-0.15, -0.1) is 0 Å². The van der Waals surface area contributed by atoms with Crippen molar-refractivity contribution in [1.29, 1.82) is 0 Å². The lowest BCUT2D eigenvalue weighted by Crippen LogP contribution is -2.41. The summed E-state index contributed by atoms with van der Waals surface area (Å²) >= 11 is 6.50. The highest BCUT2D eigenvalue weighted by atomic mass is 35.5. The molecule has 2 unspecified atom stereocenters. The Morgan fingerprint density at radius 1 is 1.00 bits per heavy atom. The first kappa shape index (κ1) is 28.5. The van der Waals surface area contributed by atoms with Gasteiger partial charge < -0.3 is 10.1 Å². The number of imide groups is 1. The second-order valence-electron chi connectivity index (χ2n) is 11.0. The Hall–Kier alpha value is -3.07. The van der Waals surface area contributed by atoms with Gasteiger partial charge in [-0.1, -0.05) is 35.9 Å². The molecule has 8 nitrogen and oxygen atoms in total. The predicted molar refractivity (Wildman–Crippen MR) is 151 cm³/mol. The molecule has 2 N–H and O–H groups in total. The second kappa shape index (κ2) is 13.1. The predicted octanol–water partition coefficient (Wildman–Crippen LogP) is 3.72. The molecule has 3 aliphatic rings. The zero-order valence-electron chi connectivity index (χ0n) is 22.7. The van der Waals surface area contributed by atoms with Crippen LogP contribution >= 0.6 is 11.6 Å². The van der Waals surface area contributed by atoms with Gasteiger partial charge in [-0.25, -0.2) is 0 Å². The smallest absolute Gasteiger partial charge is 0.251 e. The Kier molecular flexibility index (Phi) is 9.29. The number of nitrogens with zero attached hydrogens (tertiary/aromatic N) is 1. The molecule has 0 bridgehead atoms. The molecule has 0 aromatic heterocycles. The number of fused-ring (bicyclic) bond motifs is 1. The normalized spacial score (nSPS) is 21.6. The Bertz CT molecular complexity index is 1290. The number of piperidine rings is 1. The molecule has 212 valence electrons. The lowest BCUT2D eigenvalue weighted by Gasteiger charge is -2.26. The van der Waals surface area contributed by atoms with Gasteiger partial charge in [0.15, 0.2) is 5.78 Å². The molecule has 1 aliphatic carbocycles. The van der Waals surface area contributed by atoms with E-state index in [1.54, 1.807) is 6.07 Å². The molecule has 0 saturated carbocycles. The maximum Gasteiger partial charge on any atom is 0.251 e. The number of aryl methyl sites for hydroxylation is 1. The van der Waals surface area contributed by atoms with Crippen LogP contribution in [0.25, 0.3) is 0 Å². The summed E-state index contributed by atoms with van der Waals surface area (Å²) in [5, 5.41) is 5.96. The molecule has 2 heterocycles. The Morgan fingerprint density at radius 2 is 1.77 bits per heavy atom. The Balaban J connectivity index is 1.11. The summed E-state index contributed by atoms with van der Waals surface area (Å²) in [7, 11) is 0. The number of rotatable bonds is 9. The van der Waals surface area contributed by atoms with Gasteiger partial charge in [0.25, 0.3) is 5.91 Å². The van der Waals surface area contributed by atoms with E-state index in [-0.39, 0.29) is 35.3 Å². The number of Topliss-reactive ketones (excluding diaryl/α,β-unsaturated/α-hetero) is 1. The third kappa shape index (κ3) is 6.97. The summed E-state index contributed by atoms with van der Waals surface area (Å²) in [6, 6.07) is 11.2. The van der Waals surface area contributed by atoms with Gasteiger partial charge >= 0.3 is 0 Å². The highest BCUT2D eigenvalue weighted by Crippen LogP contribution is 2.31. The number of halogens is 1. The van der Waals surface area contributed by atoms with Crippen LogP contribution in [0, 0.1) is 11.8 Å². The molecule has 3 amide bonds. The number of ether oxygens (including phenoxy) is 1. The minimum Gasteiger partial charge on any atom is -0.379 e. The van der Waals surface area contributed by atoms with Crippen molar-refractivity contribution in [3.63, 3.8) is 0 Å². The molecule has 0 radical (unpaired) electrons. The summed E-state index contributed by atoms with van der Waals surface area (Å²) in [6.45, 7) is 4.66. The number of amides is 3. The number of hydrogen-bond acceptors (Lipinski definition) is 6. The fourth-order valence-corrected chi connectivity index (χ4v) is 6.13. The highest BCUT2D eigenvalue weighted by molar-refractivity contribution is 6.31. The van der Waals surface area contributed by atoms with Crippen molar-refractivity contribution in [1.82, 2.24) is 15.5 Å². The van der Waals surface area contributed by atoms with Crippen LogP contribution < -0.4 is 10.6 Å². The number of nitrogens with one attached hydrogen (secondary N) is 2. The van der Waals surface area contributed by atoms with Gasteiger partial charge in [0.2, 0.25) is 11.8 Å². The van der Waals surface area contributed by atoms with E-state index in [1.165, 1.54) is 0 Å². The van der Waals surface area contributed by atoms with Gasteiger partial charge in [-0.2, -0.15) is 0 Å². The van der Waals surface area contributed by atoms with E-state index in [2.05, 4.69) is 15.5 Å². The SMILES string of the molecule is O=C1CCC(CCC2CCc3cc(CNC(=O)c4ccc(CCN5CCOCC5)c(Cl)c4)ccc3C2=O)C(=O)N1. The van der Waals surface area contributed by atoms with Gasteiger partial charge in [0.05, 0.1) is 13.2 Å². The van der Waals surface area contributed by atoms with Crippen molar-refractivity contribution < 1.29 is 23.9 Å². The zero-order chi connectivity index (χ0) is 28.1. The molecule has 2 fully saturated rings. The number of hydrogen-bond donors (Lipinski definition) is 2. The largest absolute Gasteiger partial charge is 0.379 e. The van der Waals surface area contributed by atoms with Crippen LogP contribution in [-0.2, 0) is 33.7 Å². The van der Waals surface area contributed by atoms with Crippen LogP contribution in [0.1, 0.15) is 69.5 Å². The summed E-state index contributed by atoms with van der Waals surface area (Å²) in [5.41, 5.74) is 4.22. The molecular weight excluding hydrogens is 530 g/mol. The van der Waals surface area contributed by atoms with E-state index < -0.39 is 0 Å². The molecule has 2 aliphatic heterocycles. The van der Waals surface area contributed by atoms with Crippen molar-refractivity contribution in [2.75, 3.05) is 32.8 Å². The van der Waals surface area contributed by atoms with Crippen LogP contribution in [0.5, 0.6) is 0 Å². The first-order valence-corrected chi connectivity index (χ1v) is 14.6. The van der Waals surface area contributed by atoms with Gasteiger partial charge in [-0.05, 0) is 67.3 Å². The van der Waals surface area contributed by atoms with Crippen LogP contribution in [0.4, 0.5) is 0 Å². The molecule has 2 saturated heterocycles. The highest BCUT2D eigenvalue weighted by Gasteiger charge is 2.31. The molecule has 9 heteroatoms. The summed E-state index contributed by atoms with van der Waals surface area (Å²) < 4.78 is 5.40. The molecule has 40 heavy (non-hydrogen) atoms. The van der Waals surface area contributed by atoms with Crippen LogP contribution in [-0.4, -0.2) is 61.3 Å². The van der Waals surface area contributed by atoms with E-state index in [4.69, 9.17) is 16.3 Å². The fourth-order valence-electron chi connectivity index (χ4n) is 5.86. The molecule has 0 spiro atoms. The lowest BCUT2D eigenvalue weighted by atomic mass is 9.78. The zero-order valence-corrected chi connectivity index (χ0v) is 23.4. The molecule has 2 aromatic carbocycles. The molecular formula is C31H36ClN3O5. The number of carbonyl (C=O) groups is 4. The van der Waals surface area contributed by atoms with E-state index in [0.717, 1.165) is 74.4 Å². The topological polar surface area (TPSA) is 105 Å². The van der Waals surface area contributed by atoms with Crippen molar-refractivity contribution in [3.8, 4) is 0 Å². The lowest BCUT2D eigenvalue weighted by molar-refractivity contribution is -0.136. The van der Waals surface area contributed by atoms with Crippen LogP contribution in [0.3, 0.4) is 0 Å². The third-order valence-electron chi connectivity index (χ3n) is 8.35. The fraction of sp³-hybridized carbons (Fsp3) is 0.484. The van der Waals surface area contributed by atoms with Gasteiger partial charge in [0, 0.05) is 60.6 Å². The van der Waals surface area contributed by atoms with E-state index >= 15 is 0 Å². The minimum absolute atomic E-state index is 0.106. The summed E-state index contributed by atoms with van der Waals surface area (Å²) in [5.74, 6) is -0.804. The standard InChI is InChI=1S/C31H36ClN3O5/c32-27-18-25(7-2-21(27)11-12-35-13-15-40-16-14-35)30(38)33-19-20-1-9-26-24(17-20)6-4-22(29(26)37)3-5-23-8-10-28(36)34-31(23)39/h1-2,7,9,17-18,22-23H,3-6,8,10-16,19H2,(H,33,38)(H,34,36,39). The van der Waals surface area contributed by atoms with Crippen LogP contribution in [0.15, 0.2) is 36.4 Å². The quantitative estimate of drug-likeness (QED) is 0.449. The number of ketones is 1. The summed E-state index contributed by atoms with van der Waals surface area (Å²) in [6.07, 6.45) is 4.54. The average Bonchev–Trinajstić information content (AvgIpc) is 2.96. The monoisotopic (exact) mass is 565 g/mol. The first-order valence-electron chi connectivity index (χ1n) is 14.2. The van der Waals surface area contributed by atoms with Crippen molar-refractivity contribution in [3.05, 3.63) is 69.2 Å². The van der Waals surface area contributed by atoms with Crippen molar-refractivity contribution in [2.24, 2.45) is 11.8 Å². The van der Waals surface area contributed by atoms with Gasteiger partial charge in [0.1, 0.15) is 0 Å². The third-order valence-corrected chi connectivity index (χ3v) is 8.71. The minimum atomic E-state index is -0.215. The maximum atomic E-state index is 13.1. The van der Waals surface area contributed by atoms with E-state index in [9.17, 15) is 19.2 Å². The summed E-state index contributed by atoms with van der Waals surface area (Å²) in [4.78, 5) is 51.7. The maximum absolute atomic E-state index is 13.1. The number of benzene rings is 2. The Labute approximate surface area is 239 Å². The van der Waals surface area contributed by atoms with E-state index in [1.807, 2.05) is 30.3 Å². The van der Waals surface area contributed by atoms with E-state index in [0.29, 0.717) is 42.8 Å². The van der Waals surface area contributed by atoms with Crippen molar-refractivity contribution in [2.45, 2.75) is 51.5 Å². The average molecular weight is 566 g/mol. The first-order chi connectivity index (χ1) is 19.4. The molecule has 2 atom stereocenters. The molecule has 5 rings (SSSR count). The Morgan fingerprint density at radius 3 is 2.55 bits per heavy atom. The van der Waals surface area contributed by atoms with Gasteiger partial charge in [-0.3, -0.25) is 29.4 Å². The van der Waals surface area contributed by atoms with Crippen molar-refractivity contribution >= 4 is 35.1 Å². The molecule has 2 aromatic rings.